The number of nitrogens with zero attached hydrogens (tertiary/aromatic N) is 1. The Morgan fingerprint density at radius 2 is 1.87 bits per heavy atom. The molecule has 2 rings (SSSR count). The maximum Gasteiger partial charge on any atom is 0.327 e. The van der Waals surface area contributed by atoms with Crippen LogP contribution in [0.4, 0.5) is 0 Å². The topological polar surface area (TPSA) is 74.7 Å². The summed E-state index contributed by atoms with van der Waals surface area (Å²) in [6.45, 7) is 0. The number of amides is 2. The van der Waals surface area contributed by atoms with Crippen molar-refractivity contribution in [2.75, 3.05) is 11.5 Å². The Hall–Kier alpha value is -1.04. The summed E-state index contributed by atoms with van der Waals surface area (Å²) in [5.41, 5.74) is 0. The van der Waals surface area contributed by atoms with Gasteiger partial charge >= 0.3 is 5.97 Å². The van der Waals surface area contributed by atoms with Crippen LogP contribution in [0.5, 0.6) is 0 Å². The van der Waals surface area contributed by atoms with Gasteiger partial charge in [-0.1, -0.05) is 0 Å². The molecule has 1 atom stereocenters. The average molecular weight is 229 g/mol. The Morgan fingerprint density at radius 1 is 1.33 bits per heavy atom. The minimum atomic E-state index is -1.06. The quantitative estimate of drug-likeness (QED) is 0.687. The molecule has 1 saturated carbocycles. The van der Waals surface area contributed by atoms with Gasteiger partial charge in [-0.25, -0.2) is 4.79 Å². The third kappa shape index (κ3) is 1.99. The number of carboxylic acids is 1. The minimum absolute atomic E-state index is 0.0292. The number of carbonyl (C=O) groups excluding carboxylic acids is 2. The van der Waals surface area contributed by atoms with Crippen molar-refractivity contribution in [3.05, 3.63) is 0 Å². The lowest BCUT2D eigenvalue weighted by atomic mass is 10.1. The van der Waals surface area contributed by atoms with Crippen molar-refractivity contribution in [2.45, 2.75) is 18.9 Å². The molecular weight excluding hydrogens is 218 g/mol. The van der Waals surface area contributed by atoms with E-state index in [1.54, 1.807) is 0 Å². The summed E-state index contributed by atoms with van der Waals surface area (Å²) in [4.78, 5) is 35.0. The normalized spacial score (nSPS) is 24.1. The molecule has 1 aliphatic carbocycles. The first kappa shape index (κ1) is 10.5. The van der Waals surface area contributed by atoms with Gasteiger partial charge in [0, 0.05) is 0 Å². The number of hydrogen-bond donors (Lipinski definition) is 1. The van der Waals surface area contributed by atoms with Crippen LogP contribution in [0.1, 0.15) is 12.8 Å². The zero-order chi connectivity index (χ0) is 11.0. The number of rotatable bonds is 3. The van der Waals surface area contributed by atoms with Crippen LogP contribution in [0.2, 0.25) is 0 Å². The predicted molar refractivity (Wildman–Crippen MR) is 53.3 cm³/mol. The van der Waals surface area contributed by atoms with E-state index < -0.39 is 12.0 Å². The van der Waals surface area contributed by atoms with Gasteiger partial charge < -0.3 is 5.11 Å². The zero-order valence-corrected chi connectivity index (χ0v) is 8.83. The molecule has 0 spiro atoms. The Bertz CT molecular complexity index is 310. The van der Waals surface area contributed by atoms with E-state index in [4.69, 9.17) is 5.11 Å². The highest BCUT2D eigenvalue weighted by molar-refractivity contribution is 8.00. The third-order valence-electron chi connectivity index (χ3n) is 2.59. The van der Waals surface area contributed by atoms with Crippen LogP contribution in [0.15, 0.2) is 0 Å². The number of hydrogen-bond acceptors (Lipinski definition) is 4. The monoisotopic (exact) mass is 229 g/mol. The zero-order valence-electron chi connectivity index (χ0n) is 8.01. The highest BCUT2D eigenvalue weighted by Crippen LogP contribution is 2.36. The molecule has 0 aromatic heterocycles. The van der Waals surface area contributed by atoms with Crippen molar-refractivity contribution >= 4 is 29.5 Å². The van der Waals surface area contributed by atoms with E-state index in [2.05, 4.69) is 0 Å². The Balaban J connectivity index is 2.20. The molecule has 1 heterocycles. The van der Waals surface area contributed by atoms with Gasteiger partial charge in [0.15, 0.2) is 0 Å². The summed E-state index contributed by atoms with van der Waals surface area (Å²) < 4.78 is 0. The number of carboxylic acid groups (broad SMARTS) is 1. The third-order valence-corrected chi connectivity index (χ3v) is 3.49. The summed E-state index contributed by atoms with van der Waals surface area (Å²) in [5.74, 6) is -1.40. The standard InChI is InChI=1S/C9H11NO4S/c11-6-3-15-4-7(12)10(6)8(9(13)14)5-1-2-5/h5,8H,1-4H2,(H,13,14). The lowest BCUT2D eigenvalue weighted by molar-refractivity contribution is -0.157. The highest BCUT2D eigenvalue weighted by atomic mass is 32.2. The molecule has 15 heavy (non-hydrogen) atoms. The molecule has 2 fully saturated rings. The first-order valence-corrected chi connectivity index (χ1v) is 5.92. The van der Waals surface area contributed by atoms with Crippen molar-refractivity contribution < 1.29 is 19.5 Å². The smallest absolute Gasteiger partial charge is 0.327 e. The first-order chi connectivity index (χ1) is 7.11. The number of thioether (sulfide) groups is 1. The summed E-state index contributed by atoms with van der Waals surface area (Å²) in [5, 5.41) is 9.02. The molecule has 0 aromatic rings. The Morgan fingerprint density at radius 3 is 2.27 bits per heavy atom. The van der Waals surface area contributed by atoms with Gasteiger partial charge in [0.1, 0.15) is 6.04 Å². The van der Waals surface area contributed by atoms with E-state index in [9.17, 15) is 14.4 Å². The molecule has 5 nitrogen and oxygen atoms in total. The fourth-order valence-electron chi connectivity index (χ4n) is 1.75. The number of imide groups is 1. The maximum absolute atomic E-state index is 11.5. The first-order valence-electron chi connectivity index (χ1n) is 4.76. The highest BCUT2D eigenvalue weighted by Gasteiger charge is 2.45. The number of carbonyl (C=O) groups is 3. The van der Waals surface area contributed by atoms with Gasteiger partial charge in [0.2, 0.25) is 11.8 Å². The second-order valence-electron chi connectivity index (χ2n) is 3.77. The SMILES string of the molecule is O=C(O)C(C1CC1)N1C(=O)CSCC1=O. The molecule has 6 heteroatoms. The van der Waals surface area contributed by atoms with E-state index >= 15 is 0 Å². The Labute approximate surface area is 90.8 Å². The van der Waals surface area contributed by atoms with Crippen LogP contribution in [-0.4, -0.2) is 45.3 Å². The second-order valence-corrected chi connectivity index (χ2v) is 4.76. The minimum Gasteiger partial charge on any atom is -0.480 e. The molecule has 0 bridgehead atoms. The predicted octanol–water partition coefficient (Wildman–Crippen LogP) is -0.0484. The molecule has 1 unspecified atom stereocenters. The van der Waals surface area contributed by atoms with E-state index in [1.807, 2.05) is 0 Å². The van der Waals surface area contributed by atoms with Crippen LogP contribution < -0.4 is 0 Å². The van der Waals surface area contributed by atoms with Gasteiger partial charge in [-0.05, 0) is 18.8 Å². The average Bonchev–Trinajstić information content (AvgIpc) is 2.94. The van der Waals surface area contributed by atoms with Gasteiger partial charge in [0.05, 0.1) is 11.5 Å². The van der Waals surface area contributed by atoms with E-state index in [1.165, 1.54) is 11.8 Å². The van der Waals surface area contributed by atoms with Crippen molar-refractivity contribution in [3.8, 4) is 0 Å². The summed E-state index contributed by atoms with van der Waals surface area (Å²) in [7, 11) is 0. The van der Waals surface area contributed by atoms with Crippen molar-refractivity contribution in [2.24, 2.45) is 5.92 Å². The lowest BCUT2D eigenvalue weighted by Gasteiger charge is -2.29. The maximum atomic E-state index is 11.5. The summed E-state index contributed by atoms with van der Waals surface area (Å²) >= 11 is 1.24. The van der Waals surface area contributed by atoms with Crippen LogP contribution >= 0.6 is 11.8 Å². The molecule has 2 amide bonds. The fraction of sp³-hybridized carbons (Fsp3) is 0.667. The summed E-state index contributed by atoms with van der Waals surface area (Å²) in [6, 6.07) is -0.925. The van der Waals surface area contributed by atoms with Gasteiger partial charge in [0.25, 0.3) is 0 Å². The van der Waals surface area contributed by atoms with E-state index in [0.29, 0.717) is 0 Å². The molecule has 2 aliphatic rings. The van der Waals surface area contributed by atoms with Gasteiger partial charge in [-0.3, -0.25) is 14.5 Å². The molecule has 0 radical (unpaired) electrons. The van der Waals surface area contributed by atoms with E-state index in [0.717, 1.165) is 17.7 Å². The van der Waals surface area contributed by atoms with Crippen LogP contribution in [0, 0.1) is 5.92 Å². The van der Waals surface area contributed by atoms with E-state index in [-0.39, 0.29) is 29.2 Å². The van der Waals surface area contributed by atoms with Gasteiger partial charge in [-0.15, -0.1) is 11.8 Å². The Kier molecular flexibility index (Phi) is 2.68. The molecule has 1 saturated heterocycles. The van der Waals surface area contributed by atoms with Crippen LogP contribution in [0.25, 0.3) is 0 Å². The second kappa shape index (κ2) is 3.84. The molecule has 82 valence electrons. The molecule has 1 aliphatic heterocycles. The molecule has 0 aromatic carbocycles. The van der Waals surface area contributed by atoms with Crippen molar-refractivity contribution in [3.63, 3.8) is 0 Å². The largest absolute Gasteiger partial charge is 0.480 e. The van der Waals surface area contributed by atoms with Gasteiger partial charge in [-0.2, -0.15) is 0 Å². The van der Waals surface area contributed by atoms with Crippen molar-refractivity contribution in [1.29, 1.82) is 0 Å². The fourth-order valence-corrected chi connectivity index (χ4v) is 2.48. The van der Waals surface area contributed by atoms with Crippen molar-refractivity contribution in [1.82, 2.24) is 4.90 Å². The molecule has 1 N–H and O–H groups in total. The molecular formula is C9H11NO4S. The lowest BCUT2D eigenvalue weighted by Crippen LogP contribution is -2.53. The van der Waals surface area contributed by atoms with Crippen LogP contribution in [-0.2, 0) is 14.4 Å². The number of aliphatic carboxylic acids is 1. The summed E-state index contributed by atoms with van der Waals surface area (Å²) in [6.07, 6.45) is 1.59. The van der Waals surface area contributed by atoms with Crippen LogP contribution in [0.3, 0.4) is 0 Å².